The van der Waals surface area contributed by atoms with Gasteiger partial charge in [-0.05, 0) is 12.1 Å². The standard InChI is InChI=1S/C19H24F3N5OS/c1-18(2,3)16-24-25-17(29-16)27-10-8-26(9-11-27)12-15(28)23-14-7-5-4-6-13(14)19(20,21)22/h4-7H,8-12H2,1-3H3,(H,23,28). The fourth-order valence-corrected chi connectivity index (χ4v) is 3.93. The Labute approximate surface area is 171 Å². The molecule has 0 unspecified atom stereocenters. The van der Waals surface area contributed by atoms with Gasteiger partial charge >= 0.3 is 6.18 Å². The zero-order valence-corrected chi connectivity index (χ0v) is 17.4. The average Bonchev–Trinajstić information content (AvgIpc) is 3.12. The lowest BCUT2D eigenvalue weighted by atomic mass is 9.98. The molecule has 158 valence electrons. The summed E-state index contributed by atoms with van der Waals surface area (Å²) in [5.41, 5.74) is -1.11. The third kappa shape index (κ3) is 5.45. The molecule has 1 amide bonds. The molecule has 6 nitrogen and oxygen atoms in total. The zero-order chi connectivity index (χ0) is 21.2. The summed E-state index contributed by atoms with van der Waals surface area (Å²) in [5.74, 6) is -0.457. The number of hydrogen-bond acceptors (Lipinski definition) is 6. The number of rotatable bonds is 4. The SMILES string of the molecule is CC(C)(C)c1nnc(N2CCN(CC(=O)Nc3ccccc3C(F)(F)F)CC2)s1. The number of amides is 1. The third-order valence-electron chi connectivity index (χ3n) is 4.57. The van der Waals surface area contributed by atoms with Gasteiger partial charge < -0.3 is 10.2 Å². The third-order valence-corrected chi connectivity index (χ3v) is 5.98. The van der Waals surface area contributed by atoms with Gasteiger partial charge in [0.1, 0.15) is 5.01 Å². The first-order chi connectivity index (χ1) is 13.5. The minimum atomic E-state index is -4.51. The van der Waals surface area contributed by atoms with Crippen LogP contribution in [0.25, 0.3) is 0 Å². The monoisotopic (exact) mass is 427 g/mol. The smallest absolute Gasteiger partial charge is 0.344 e. The van der Waals surface area contributed by atoms with E-state index in [4.69, 9.17) is 0 Å². The van der Waals surface area contributed by atoms with Crippen molar-refractivity contribution < 1.29 is 18.0 Å². The molecule has 1 fully saturated rings. The molecule has 1 N–H and O–H groups in total. The molecule has 1 aliphatic heterocycles. The first-order valence-corrected chi connectivity index (χ1v) is 10.1. The molecule has 2 aromatic rings. The highest BCUT2D eigenvalue weighted by Crippen LogP contribution is 2.34. The van der Waals surface area contributed by atoms with Gasteiger partial charge in [-0.3, -0.25) is 9.69 Å². The highest BCUT2D eigenvalue weighted by atomic mass is 32.1. The lowest BCUT2D eigenvalue weighted by Crippen LogP contribution is -2.48. The number of alkyl halides is 3. The number of carbonyl (C=O) groups excluding carboxylic acids is 1. The van der Waals surface area contributed by atoms with Crippen LogP contribution in [0.3, 0.4) is 0 Å². The van der Waals surface area contributed by atoms with E-state index in [1.54, 1.807) is 11.3 Å². The number of nitrogens with zero attached hydrogens (tertiary/aromatic N) is 4. The van der Waals surface area contributed by atoms with Crippen molar-refractivity contribution in [3.05, 3.63) is 34.8 Å². The second-order valence-electron chi connectivity index (χ2n) is 7.99. The fourth-order valence-electron chi connectivity index (χ4n) is 2.98. The van der Waals surface area contributed by atoms with Crippen LogP contribution in [-0.2, 0) is 16.4 Å². The lowest BCUT2D eigenvalue weighted by molar-refractivity contribution is -0.137. The summed E-state index contributed by atoms with van der Waals surface area (Å²) in [6, 6.07) is 5.00. The van der Waals surface area contributed by atoms with Crippen molar-refractivity contribution in [2.45, 2.75) is 32.4 Å². The molecule has 0 saturated carbocycles. The van der Waals surface area contributed by atoms with Gasteiger partial charge in [0.15, 0.2) is 0 Å². The molecule has 0 spiro atoms. The fraction of sp³-hybridized carbons (Fsp3) is 0.526. The number of aromatic nitrogens is 2. The van der Waals surface area contributed by atoms with Crippen molar-refractivity contribution in [3.63, 3.8) is 0 Å². The zero-order valence-electron chi connectivity index (χ0n) is 16.6. The minimum Gasteiger partial charge on any atom is -0.344 e. The molecular formula is C19H24F3N5OS. The van der Waals surface area contributed by atoms with Crippen LogP contribution in [0, 0.1) is 0 Å². The van der Waals surface area contributed by atoms with Crippen LogP contribution < -0.4 is 10.2 Å². The van der Waals surface area contributed by atoms with Crippen molar-refractivity contribution in [2.75, 3.05) is 42.9 Å². The quantitative estimate of drug-likeness (QED) is 0.808. The molecule has 0 radical (unpaired) electrons. The Morgan fingerprint density at radius 3 is 2.34 bits per heavy atom. The van der Waals surface area contributed by atoms with Gasteiger partial charge in [0.05, 0.1) is 17.8 Å². The molecule has 2 heterocycles. The summed E-state index contributed by atoms with van der Waals surface area (Å²) in [7, 11) is 0. The Bertz CT molecular complexity index is 854. The van der Waals surface area contributed by atoms with Crippen LogP contribution in [0.15, 0.2) is 24.3 Å². The van der Waals surface area contributed by atoms with Crippen molar-refractivity contribution in [3.8, 4) is 0 Å². The first-order valence-electron chi connectivity index (χ1n) is 9.31. The van der Waals surface area contributed by atoms with Gasteiger partial charge in [-0.1, -0.05) is 44.2 Å². The first kappa shape index (κ1) is 21.5. The largest absolute Gasteiger partial charge is 0.418 e. The van der Waals surface area contributed by atoms with Crippen molar-refractivity contribution in [1.82, 2.24) is 15.1 Å². The molecule has 3 rings (SSSR count). The van der Waals surface area contributed by atoms with Crippen molar-refractivity contribution >= 4 is 28.1 Å². The molecule has 0 aliphatic carbocycles. The summed E-state index contributed by atoms with van der Waals surface area (Å²) < 4.78 is 39.2. The number of nitrogens with one attached hydrogen (secondary N) is 1. The van der Waals surface area contributed by atoms with Gasteiger partial charge in [-0.25, -0.2) is 0 Å². The maximum absolute atomic E-state index is 13.1. The van der Waals surface area contributed by atoms with Crippen LogP contribution in [0.1, 0.15) is 31.3 Å². The van der Waals surface area contributed by atoms with Gasteiger partial charge in [0.25, 0.3) is 0 Å². The number of anilines is 2. The van der Waals surface area contributed by atoms with E-state index in [-0.39, 0.29) is 17.6 Å². The molecule has 1 saturated heterocycles. The average molecular weight is 427 g/mol. The van der Waals surface area contributed by atoms with Crippen LogP contribution in [0.2, 0.25) is 0 Å². The highest BCUT2D eigenvalue weighted by Gasteiger charge is 2.33. The van der Waals surface area contributed by atoms with Crippen LogP contribution in [0.5, 0.6) is 0 Å². The number of benzene rings is 1. The summed E-state index contributed by atoms with van der Waals surface area (Å²) in [4.78, 5) is 16.3. The Kier molecular flexibility index (Phi) is 6.13. The maximum atomic E-state index is 13.1. The van der Waals surface area contributed by atoms with Crippen LogP contribution in [0.4, 0.5) is 24.0 Å². The van der Waals surface area contributed by atoms with Crippen molar-refractivity contribution in [1.29, 1.82) is 0 Å². The molecule has 1 aromatic heterocycles. The van der Waals surface area contributed by atoms with Crippen LogP contribution >= 0.6 is 11.3 Å². The normalized spacial score (nSPS) is 16.1. The van der Waals surface area contributed by atoms with E-state index in [9.17, 15) is 18.0 Å². The molecule has 1 aromatic carbocycles. The topological polar surface area (TPSA) is 61.4 Å². The van der Waals surface area contributed by atoms with E-state index in [1.165, 1.54) is 18.2 Å². The van der Waals surface area contributed by atoms with E-state index < -0.39 is 17.6 Å². The van der Waals surface area contributed by atoms with E-state index in [0.717, 1.165) is 16.2 Å². The Morgan fingerprint density at radius 2 is 1.76 bits per heavy atom. The Hall–Kier alpha value is -2.20. The predicted octanol–water partition coefficient (Wildman–Crippen LogP) is 3.62. The summed E-state index contributed by atoms with van der Waals surface area (Å²) in [5, 5.41) is 12.8. The van der Waals surface area contributed by atoms with E-state index in [2.05, 4.69) is 41.2 Å². The van der Waals surface area contributed by atoms with E-state index in [1.807, 2.05) is 4.90 Å². The predicted molar refractivity (Wildman–Crippen MR) is 107 cm³/mol. The van der Waals surface area contributed by atoms with Gasteiger partial charge in [-0.2, -0.15) is 13.2 Å². The van der Waals surface area contributed by atoms with Crippen LogP contribution in [-0.4, -0.2) is 53.7 Å². The minimum absolute atomic E-state index is 0.0450. The molecular weight excluding hydrogens is 403 g/mol. The number of carbonyl (C=O) groups is 1. The van der Waals surface area contributed by atoms with Gasteiger partial charge in [-0.15, -0.1) is 10.2 Å². The summed E-state index contributed by atoms with van der Waals surface area (Å²) >= 11 is 1.57. The number of piperazine rings is 1. The maximum Gasteiger partial charge on any atom is 0.418 e. The summed E-state index contributed by atoms with van der Waals surface area (Å²) in [6.45, 7) is 8.93. The molecule has 1 aliphatic rings. The molecule has 0 atom stereocenters. The van der Waals surface area contributed by atoms with E-state index >= 15 is 0 Å². The van der Waals surface area contributed by atoms with E-state index in [0.29, 0.717) is 26.2 Å². The molecule has 10 heteroatoms. The highest BCUT2D eigenvalue weighted by molar-refractivity contribution is 7.15. The van der Waals surface area contributed by atoms with Gasteiger partial charge in [0, 0.05) is 31.6 Å². The number of para-hydroxylation sites is 1. The van der Waals surface area contributed by atoms with Crippen molar-refractivity contribution in [2.24, 2.45) is 0 Å². The number of halogens is 3. The Morgan fingerprint density at radius 1 is 1.10 bits per heavy atom. The molecule has 29 heavy (non-hydrogen) atoms. The van der Waals surface area contributed by atoms with Gasteiger partial charge in [0.2, 0.25) is 11.0 Å². The Balaban J connectivity index is 1.54. The lowest BCUT2D eigenvalue weighted by Gasteiger charge is -2.33. The second-order valence-corrected chi connectivity index (χ2v) is 8.95. The number of hydrogen-bond donors (Lipinski definition) is 1. The summed E-state index contributed by atoms with van der Waals surface area (Å²) in [6.07, 6.45) is -4.51. The molecule has 0 bridgehead atoms. The second kappa shape index (κ2) is 8.27.